The van der Waals surface area contributed by atoms with Crippen LogP contribution >= 0.6 is 0 Å². The van der Waals surface area contributed by atoms with Crippen molar-refractivity contribution < 1.29 is 19.4 Å². The van der Waals surface area contributed by atoms with Crippen LogP contribution in [0.1, 0.15) is 54.9 Å². The van der Waals surface area contributed by atoms with Gasteiger partial charge in [0.1, 0.15) is 5.65 Å². The Labute approximate surface area is 179 Å². The number of rotatable bonds is 5. The third-order valence-corrected chi connectivity index (χ3v) is 6.57. The van der Waals surface area contributed by atoms with Gasteiger partial charge in [-0.05, 0) is 43.1 Å². The van der Waals surface area contributed by atoms with Crippen LogP contribution in [0.2, 0.25) is 0 Å². The average molecular weight is 428 g/mol. The summed E-state index contributed by atoms with van der Waals surface area (Å²) >= 11 is 0. The molecule has 4 heterocycles. The monoisotopic (exact) mass is 428 g/mol. The van der Waals surface area contributed by atoms with E-state index < -0.39 is 11.5 Å². The molecule has 0 aromatic carbocycles. The van der Waals surface area contributed by atoms with E-state index in [1.165, 1.54) is 4.52 Å². The number of amides is 1. The van der Waals surface area contributed by atoms with Crippen LogP contribution in [0.3, 0.4) is 0 Å². The first kappa shape index (κ1) is 20.3. The first-order valence-electron chi connectivity index (χ1n) is 11.0. The Kier molecular flexibility index (Phi) is 5.10. The maximum absolute atomic E-state index is 13.2. The molecule has 2 aromatic rings. The standard InChI is InChI=1S/C22H28N4O5/c1-22(6-10-31-11-7-22)13-25-19-16(14-4-8-30-9-5-14)12-23-26(19)21(29)17(20(25)28)18(27)24-15-2-3-15/h4,12,15,28H,2-3,5-11,13H2,1H3,(H,24,27). The maximum atomic E-state index is 13.2. The molecule has 2 N–H and O–H groups in total. The van der Waals surface area contributed by atoms with Crippen LogP contribution in [0, 0.1) is 5.41 Å². The predicted molar refractivity (Wildman–Crippen MR) is 113 cm³/mol. The van der Waals surface area contributed by atoms with Gasteiger partial charge in [0, 0.05) is 31.4 Å². The second-order valence-corrected chi connectivity index (χ2v) is 9.11. The highest BCUT2D eigenvalue weighted by atomic mass is 16.5. The highest BCUT2D eigenvalue weighted by Crippen LogP contribution is 2.36. The van der Waals surface area contributed by atoms with E-state index in [2.05, 4.69) is 17.3 Å². The SMILES string of the molecule is CC1(Cn2c(O)c(C(=O)NC3CC3)c(=O)n3ncc(C4=CCOCC4)c23)CCOCC1. The summed E-state index contributed by atoms with van der Waals surface area (Å²) < 4.78 is 13.9. The van der Waals surface area contributed by atoms with Crippen LogP contribution in [-0.2, 0) is 16.0 Å². The van der Waals surface area contributed by atoms with Gasteiger partial charge in [0.2, 0.25) is 5.88 Å². The number of aromatic nitrogens is 3. The molecule has 0 radical (unpaired) electrons. The molecule has 2 fully saturated rings. The van der Waals surface area contributed by atoms with E-state index in [9.17, 15) is 14.7 Å². The van der Waals surface area contributed by atoms with E-state index in [0.717, 1.165) is 36.8 Å². The zero-order chi connectivity index (χ0) is 21.6. The molecule has 5 rings (SSSR count). The van der Waals surface area contributed by atoms with Crippen molar-refractivity contribution in [2.24, 2.45) is 5.41 Å². The minimum Gasteiger partial charge on any atom is -0.494 e. The van der Waals surface area contributed by atoms with Gasteiger partial charge in [-0.25, -0.2) is 0 Å². The van der Waals surface area contributed by atoms with Gasteiger partial charge < -0.3 is 19.9 Å². The molecule has 0 atom stereocenters. The predicted octanol–water partition coefficient (Wildman–Crippen LogP) is 1.71. The molecule has 0 unspecified atom stereocenters. The molecule has 3 aliphatic rings. The average Bonchev–Trinajstić information content (AvgIpc) is 3.46. The smallest absolute Gasteiger partial charge is 0.291 e. The van der Waals surface area contributed by atoms with Crippen molar-refractivity contribution in [3.8, 4) is 5.88 Å². The van der Waals surface area contributed by atoms with Crippen molar-refractivity contribution in [1.29, 1.82) is 0 Å². The summed E-state index contributed by atoms with van der Waals surface area (Å²) in [4.78, 5) is 26.1. The van der Waals surface area contributed by atoms with E-state index in [1.807, 2.05) is 6.08 Å². The highest BCUT2D eigenvalue weighted by molar-refractivity contribution is 5.97. The second-order valence-electron chi connectivity index (χ2n) is 9.11. The van der Waals surface area contributed by atoms with Gasteiger partial charge in [-0.2, -0.15) is 9.61 Å². The molecule has 9 nitrogen and oxygen atoms in total. The van der Waals surface area contributed by atoms with E-state index in [-0.39, 0.29) is 22.9 Å². The third-order valence-electron chi connectivity index (χ3n) is 6.57. The van der Waals surface area contributed by atoms with Crippen molar-refractivity contribution in [2.45, 2.75) is 51.6 Å². The first-order valence-corrected chi connectivity index (χ1v) is 11.0. The second kappa shape index (κ2) is 7.80. The fourth-order valence-corrected chi connectivity index (χ4v) is 4.42. The van der Waals surface area contributed by atoms with Gasteiger partial charge in [-0.1, -0.05) is 13.0 Å². The Bertz CT molecular complexity index is 1110. The summed E-state index contributed by atoms with van der Waals surface area (Å²) in [5.41, 5.74) is 1.36. The van der Waals surface area contributed by atoms with Crippen molar-refractivity contribution in [3.63, 3.8) is 0 Å². The number of ether oxygens (including phenoxy) is 2. The highest BCUT2D eigenvalue weighted by Gasteiger charge is 2.34. The minimum absolute atomic E-state index is 0.0732. The molecule has 31 heavy (non-hydrogen) atoms. The summed E-state index contributed by atoms with van der Waals surface area (Å²) in [5.74, 6) is -0.835. The number of nitrogens with one attached hydrogen (secondary N) is 1. The fourth-order valence-electron chi connectivity index (χ4n) is 4.42. The van der Waals surface area contributed by atoms with Gasteiger partial charge in [0.05, 0.1) is 19.4 Å². The summed E-state index contributed by atoms with van der Waals surface area (Å²) in [6, 6.07) is 0.0732. The Balaban J connectivity index is 1.69. The quantitative estimate of drug-likeness (QED) is 0.751. The first-order chi connectivity index (χ1) is 15.0. The van der Waals surface area contributed by atoms with Crippen LogP contribution in [-0.4, -0.2) is 57.7 Å². The number of fused-ring (bicyclic) bond motifs is 1. The number of hydrogen-bond acceptors (Lipinski definition) is 6. The van der Waals surface area contributed by atoms with Crippen molar-refractivity contribution in [2.75, 3.05) is 26.4 Å². The maximum Gasteiger partial charge on any atom is 0.291 e. The molecule has 1 aliphatic carbocycles. The fraction of sp³-hybridized carbons (Fsp3) is 0.591. The number of nitrogens with zero attached hydrogens (tertiary/aromatic N) is 3. The lowest BCUT2D eigenvalue weighted by Gasteiger charge is -2.35. The van der Waals surface area contributed by atoms with Crippen molar-refractivity contribution >= 4 is 17.1 Å². The summed E-state index contributed by atoms with van der Waals surface area (Å²) in [6.45, 7) is 5.00. The normalized spacial score (nSPS) is 21.1. The molecule has 166 valence electrons. The zero-order valence-corrected chi connectivity index (χ0v) is 17.7. The molecule has 2 aromatic heterocycles. The topological polar surface area (TPSA) is 107 Å². The van der Waals surface area contributed by atoms with E-state index >= 15 is 0 Å². The van der Waals surface area contributed by atoms with Crippen LogP contribution in [0.25, 0.3) is 11.2 Å². The minimum atomic E-state index is -0.599. The van der Waals surface area contributed by atoms with Crippen LogP contribution < -0.4 is 10.9 Å². The number of hydrogen-bond donors (Lipinski definition) is 2. The lowest BCUT2D eigenvalue weighted by atomic mass is 9.82. The van der Waals surface area contributed by atoms with Crippen LogP contribution in [0.5, 0.6) is 5.88 Å². The lowest BCUT2D eigenvalue weighted by Crippen LogP contribution is -2.37. The molecule has 1 saturated heterocycles. The van der Waals surface area contributed by atoms with Gasteiger partial charge in [-0.3, -0.25) is 14.2 Å². The molecule has 1 amide bonds. The van der Waals surface area contributed by atoms with Gasteiger partial charge >= 0.3 is 0 Å². The Morgan fingerprint density at radius 2 is 2.06 bits per heavy atom. The van der Waals surface area contributed by atoms with Gasteiger partial charge in [-0.15, -0.1) is 0 Å². The van der Waals surface area contributed by atoms with E-state index in [4.69, 9.17) is 9.47 Å². The molecule has 0 spiro atoms. The number of carbonyl (C=O) groups excluding carboxylic acids is 1. The zero-order valence-electron chi connectivity index (χ0n) is 17.7. The Morgan fingerprint density at radius 3 is 2.74 bits per heavy atom. The molecular formula is C22H28N4O5. The Morgan fingerprint density at radius 1 is 1.29 bits per heavy atom. The molecule has 9 heteroatoms. The van der Waals surface area contributed by atoms with E-state index in [1.54, 1.807) is 10.8 Å². The molecule has 1 saturated carbocycles. The van der Waals surface area contributed by atoms with Crippen molar-refractivity contribution in [1.82, 2.24) is 19.5 Å². The largest absolute Gasteiger partial charge is 0.494 e. The number of carbonyl (C=O) groups is 1. The Hall–Kier alpha value is -2.65. The van der Waals surface area contributed by atoms with Crippen LogP contribution in [0.15, 0.2) is 17.1 Å². The lowest BCUT2D eigenvalue weighted by molar-refractivity contribution is 0.0149. The molecule has 2 aliphatic heterocycles. The van der Waals surface area contributed by atoms with Crippen LogP contribution in [0.4, 0.5) is 0 Å². The summed E-state index contributed by atoms with van der Waals surface area (Å²) in [5, 5.41) is 18.4. The molecule has 0 bridgehead atoms. The summed E-state index contributed by atoms with van der Waals surface area (Å²) in [6.07, 6.45) is 7.77. The van der Waals surface area contributed by atoms with Gasteiger partial charge in [0.25, 0.3) is 11.5 Å². The summed E-state index contributed by atoms with van der Waals surface area (Å²) in [7, 11) is 0. The van der Waals surface area contributed by atoms with Gasteiger partial charge in [0.15, 0.2) is 5.56 Å². The molecular weight excluding hydrogens is 400 g/mol. The third kappa shape index (κ3) is 3.76. The van der Waals surface area contributed by atoms with E-state index in [0.29, 0.717) is 45.0 Å². The van der Waals surface area contributed by atoms with Crippen molar-refractivity contribution in [3.05, 3.63) is 33.8 Å². The number of aromatic hydroxyl groups is 1.